The lowest BCUT2D eigenvalue weighted by molar-refractivity contribution is 0.135. The number of aliphatic hydroxyl groups is 1. The molecule has 0 aliphatic heterocycles. The van der Waals surface area contributed by atoms with E-state index in [4.69, 9.17) is 0 Å². The first-order chi connectivity index (χ1) is 6.43. The Balaban J connectivity index is 3.28. The van der Waals surface area contributed by atoms with E-state index in [1.54, 1.807) is 27.7 Å². The van der Waals surface area contributed by atoms with Gasteiger partial charge in [0, 0.05) is 11.8 Å². The number of hydrogen-bond donors (Lipinski definition) is 1. The molecule has 4 nitrogen and oxygen atoms in total. The monoisotopic (exact) mass is 196 g/mol. The number of hydrogen-bond acceptors (Lipinski definition) is 3. The van der Waals surface area contributed by atoms with Crippen molar-refractivity contribution in [2.24, 2.45) is 0 Å². The van der Waals surface area contributed by atoms with Gasteiger partial charge >= 0.3 is 0 Å². The maximum atomic E-state index is 11.6. The van der Waals surface area contributed by atoms with Gasteiger partial charge in [-0.25, -0.2) is 4.98 Å². The van der Waals surface area contributed by atoms with Crippen LogP contribution >= 0.6 is 0 Å². The first kappa shape index (κ1) is 10.9. The van der Waals surface area contributed by atoms with Gasteiger partial charge < -0.3 is 5.11 Å². The molecular formula is C10H16N2O2. The number of aliphatic hydroxyl groups excluding tert-OH is 1. The normalized spacial score (nSPS) is 15.2. The van der Waals surface area contributed by atoms with Crippen molar-refractivity contribution < 1.29 is 5.11 Å². The van der Waals surface area contributed by atoms with E-state index in [0.29, 0.717) is 11.5 Å². The summed E-state index contributed by atoms with van der Waals surface area (Å²) in [4.78, 5) is 15.8. The number of rotatable bonds is 2. The molecule has 0 bridgehead atoms. The Morgan fingerprint density at radius 1 is 1.43 bits per heavy atom. The van der Waals surface area contributed by atoms with Crippen LogP contribution in [0.3, 0.4) is 0 Å². The zero-order valence-electron chi connectivity index (χ0n) is 8.98. The summed E-state index contributed by atoms with van der Waals surface area (Å²) in [5.74, 6) is 0.642. The smallest absolute Gasteiger partial charge is 0.254 e. The Bertz CT molecular complexity index is 382. The highest BCUT2D eigenvalue weighted by Crippen LogP contribution is 2.09. The highest BCUT2D eigenvalue weighted by atomic mass is 16.3. The first-order valence-electron chi connectivity index (χ1n) is 4.68. The van der Waals surface area contributed by atoms with Crippen molar-refractivity contribution in [3.05, 3.63) is 27.9 Å². The van der Waals surface area contributed by atoms with Crippen molar-refractivity contribution >= 4 is 0 Å². The van der Waals surface area contributed by atoms with E-state index in [0.717, 1.165) is 0 Å². The fraction of sp³-hybridized carbons (Fsp3) is 0.600. The van der Waals surface area contributed by atoms with Crippen LogP contribution in [0.5, 0.6) is 0 Å². The molecule has 1 aromatic heterocycles. The Hall–Kier alpha value is -1.16. The lowest BCUT2D eigenvalue weighted by atomic mass is 10.2. The Kier molecular flexibility index (Phi) is 3.06. The molecule has 1 N–H and O–H groups in total. The maximum Gasteiger partial charge on any atom is 0.254 e. The Morgan fingerprint density at radius 3 is 2.43 bits per heavy atom. The fourth-order valence-electron chi connectivity index (χ4n) is 1.46. The summed E-state index contributed by atoms with van der Waals surface area (Å²) < 4.78 is 1.51. The van der Waals surface area contributed by atoms with Crippen molar-refractivity contribution in [3.63, 3.8) is 0 Å². The van der Waals surface area contributed by atoms with Crippen molar-refractivity contribution in [3.8, 4) is 0 Å². The van der Waals surface area contributed by atoms with Crippen LogP contribution in [0.15, 0.2) is 10.9 Å². The summed E-state index contributed by atoms with van der Waals surface area (Å²) in [6.07, 6.45) is -0.559. The molecule has 0 aliphatic carbocycles. The summed E-state index contributed by atoms with van der Waals surface area (Å²) in [7, 11) is 0. The van der Waals surface area contributed by atoms with Gasteiger partial charge in [-0.05, 0) is 27.7 Å². The van der Waals surface area contributed by atoms with E-state index in [-0.39, 0.29) is 11.6 Å². The molecule has 14 heavy (non-hydrogen) atoms. The highest BCUT2D eigenvalue weighted by Gasteiger charge is 2.14. The molecule has 1 rings (SSSR count). The van der Waals surface area contributed by atoms with Crippen LogP contribution in [-0.4, -0.2) is 20.8 Å². The van der Waals surface area contributed by atoms with E-state index in [2.05, 4.69) is 4.98 Å². The first-order valence-corrected chi connectivity index (χ1v) is 4.68. The number of aryl methyl sites for hydroxylation is 2. The van der Waals surface area contributed by atoms with Gasteiger partial charge in [-0.3, -0.25) is 9.36 Å². The average Bonchev–Trinajstić information content (AvgIpc) is 2.01. The lowest BCUT2D eigenvalue weighted by Crippen LogP contribution is -2.31. The zero-order valence-corrected chi connectivity index (χ0v) is 8.98. The molecule has 0 radical (unpaired) electrons. The van der Waals surface area contributed by atoms with Crippen molar-refractivity contribution in [1.82, 2.24) is 9.55 Å². The second-order valence-electron chi connectivity index (χ2n) is 3.63. The third kappa shape index (κ3) is 2.01. The fourth-order valence-corrected chi connectivity index (χ4v) is 1.46. The van der Waals surface area contributed by atoms with E-state index in [9.17, 15) is 9.90 Å². The summed E-state index contributed by atoms with van der Waals surface area (Å²) >= 11 is 0. The molecule has 0 saturated heterocycles. The van der Waals surface area contributed by atoms with Crippen LogP contribution in [0.2, 0.25) is 0 Å². The van der Waals surface area contributed by atoms with Crippen molar-refractivity contribution in [2.75, 3.05) is 0 Å². The second kappa shape index (κ2) is 3.92. The van der Waals surface area contributed by atoms with Gasteiger partial charge in [-0.2, -0.15) is 0 Å². The van der Waals surface area contributed by atoms with E-state index in [1.165, 1.54) is 10.6 Å². The molecular weight excluding hydrogens is 180 g/mol. The van der Waals surface area contributed by atoms with Crippen LogP contribution in [0.1, 0.15) is 31.4 Å². The summed E-state index contributed by atoms with van der Waals surface area (Å²) in [6, 6.07) is 1.24. The van der Waals surface area contributed by atoms with Crippen LogP contribution in [0.25, 0.3) is 0 Å². The summed E-state index contributed by atoms with van der Waals surface area (Å²) in [6.45, 7) is 7.02. The predicted molar refractivity (Wildman–Crippen MR) is 54.4 cm³/mol. The molecule has 0 amide bonds. The van der Waals surface area contributed by atoms with Crippen molar-refractivity contribution in [2.45, 2.75) is 39.8 Å². The Labute approximate surface area is 83.2 Å². The quantitative estimate of drug-likeness (QED) is 0.761. The molecule has 0 aliphatic rings. The van der Waals surface area contributed by atoms with Gasteiger partial charge in [0.15, 0.2) is 0 Å². The molecule has 4 heteroatoms. The van der Waals surface area contributed by atoms with Crippen LogP contribution in [0, 0.1) is 13.8 Å². The van der Waals surface area contributed by atoms with Gasteiger partial charge in [0.05, 0.1) is 12.1 Å². The molecule has 78 valence electrons. The van der Waals surface area contributed by atoms with E-state index in [1.807, 2.05) is 0 Å². The topological polar surface area (TPSA) is 55.1 Å². The molecule has 1 aromatic rings. The van der Waals surface area contributed by atoms with Gasteiger partial charge in [0.2, 0.25) is 0 Å². The molecule has 0 spiro atoms. The molecule has 1 heterocycles. The molecule has 0 aromatic carbocycles. The summed E-state index contributed by atoms with van der Waals surface area (Å²) in [5.41, 5.74) is 0.602. The average molecular weight is 196 g/mol. The van der Waals surface area contributed by atoms with Gasteiger partial charge in [-0.15, -0.1) is 0 Å². The van der Waals surface area contributed by atoms with Gasteiger partial charge in [0.25, 0.3) is 5.56 Å². The third-order valence-electron chi connectivity index (χ3n) is 2.36. The van der Waals surface area contributed by atoms with Gasteiger partial charge in [0.1, 0.15) is 5.82 Å². The SMILES string of the molecule is Cc1cc(=O)n(C(C)C(C)O)c(C)n1. The van der Waals surface area contributed by atoms with E-state index < -0.39 is 6.10 Å². The zero-order chi connectivity index (χ0) is 10.9. The second-order valence-corrected chi connectivity index (χ2v) is 3.63. The largest absolute Gasteiger partial charge is 0.391 e. The van der Waals surface area contributed by atoms with Gasteiger partial charge in [-0.1, -0.05) is 0 Å². The summed E-state index contributed by atoms with van der Waals surface area (Å²) in [5, 5.41) is 9.41. The lowest BCUT2D eigenvalue weighted by Gasteiger charge is -2.19. The van der Waals surface area contributed by atoms with Crippen LogP contribution in [0.4, 0.5) is 0 Å². The van der Waals surface area contributed by atoms with Crippen LogP contribution in [-0.2, 0) is 0 Å². The Morgan fingerprint density at radius 2 is 2.00 bits per heavy atom. The molecule has 2 unspecified atom stereocenters. The molecule has 0 fully saturated rings. The van der Waals surface area contributed by atoms with Crippen LogP contribution < -0.4 is 5.56 Å². The minimum Gasteiger partial charge on any atom is -0.391 e. The molecule has 2 atom stereocenters. The number of nitrogens with zero attached hydrogens (tertiary/aromatic N) is 2. The number of aromatic nitrogens is 2. The highest BCUT2D eigenvalue weighted by molar-refractivity contribution is 5.03. The standard InChI is InChI=1S/C10H16N2O2/c1-6-5-10(14)12(9(4)11-6)7(2)8(3)13/h5,7-8,13H,1-4H3. The van der Waals surface area contributed by atoms with Crippen molar-refractivity contribution in [1.29, 1.82) is 0 Å². The minimum absolute atomic E-state index is 0.108. The maximum absolute atomic E-state index is 11.6. The minimum atomic E-state index is -0.559. The third-order valence-corrected chi connectivity index (χ3v) is 2.36. The predicted octanol–water partition coefficient (Wildman–Crippen LogP) is 0.802. The molecule has 0 saturated carbocycles. The van der Waals surface area contributed by atoms with E-state index >= 15 is 0 Å².